The number of fused-ring (bicyclic) bond motifs is 1. The van der Waals surface area contributed by atoms with Gasteiger partial charge in [0.05, 0.1) is 11.9 Å². The molecule has 22 heavy (non-hydrogen) atoms. The van der Waals surface area contributed by atoms with Crippen molar-refractivity contribution in [3.8, 4) is 0 Å². The van der Waals surface area contributed by atoms with Crippen molar-refractivity contribution in [2.45, 2.75) is 0 Å². The van der Waals surface area contributed by atoms with Crippen LogP contribution >= 0.6 is 11.8 Å². The van der Waals surface area contributed by atoms with E-state index in [1.807, 2.05) is 0 Å². The molecule has 0 atom stereocenters. The van der Waals surface area contributed by atoms with E-state index < -0.39 is 17.2 Å². The van der Waals surface area contributed by atoms with Crippen LogP contribution in [-0.2, 0) is 14.1 Å². The van der Waals surface area contributed by atoms with Crippen molar-refractivity contribution in [1.29, 1.82) is 0 Å². The van der Waals surface area contributed by atoms with Crippen LogP contribution in [-0.4, -0.2) is 37.5 Å². The summed E-state index contributed by atoms with van der Waals surface area (Å²) in [4.78, 5) is 44.4. The predicted octanol–water partition coefficient (Wildman–Crippen LogP) is -0.535. The Balaban J connectivity index is 2.08. The van der Waals surface area contributed by atoms with E-state index in [9.17, 15) is 14.4 Å². The molecule has 0 aliphatic carbocycles. The number of aryl methyl sites for hydroxylation is 1. The first kappa shape index (κ1) is 14.5. The Kier molecular flexibility index (Phi) is 3.57. The van der Waals surface area contributed by atoms with E-state index in [0.29, 0.717) is 11.7 Å². The van der Waals surface area contributed by atoms with Crippen LogP contribution in [0.5, 0.6) is 0 Å². The monoisotopic (exact) mass is 319 g/mol. The number of carbonyl (C=O) groups is 1. The van der Waals surface area contributed by atoms with Gasteiger partial charge in [0.15, 0.2) is 5.17 Å². The number of aromatic nitrogens is 3. The number of hydrogen-bond donors (Lipinski definition) is 1. The van der Waals surface area contributed by atoms with E-state index in [4.69, 9.17) is 0 Å². The normalized spacial score (nSPS) is 14.2. The summed E-state index contributed by atoms with van der Waals surface area (Å²) in [5.41, 5.74) is -0.612. The van der Waals surface area contributed by atoms with Gasteiger partial charge in [-0.05, 0) is 12.1 Å². The molecule has 0 bridgehead atoms. The molecule has 1 aliphatic heterocycles. The van der Waals surface area contributed by atoms with Gasteiger partial charge in [-0.1, -0.05) is 11.8 Å². The number of amides is 1. The van der Waals surface area contributed by atoms with Crippen LogP contribution < -0.4 is 16.6 Å². The van der Waals surface area contributed by atoms with E-state index in [-0.39, 0.29) is 16.7 Å². The molecule has 0 fully saturated rings. The van der Waals surface area contributed by atoms with Crippen molar-refractivity contribution >= 4 is 33.9 Å². The fourth-order valence-corrected chi connectivity index (χ4v) is 2.88. The fourth-order valence-electron chi connectivity index (χ4n) is 2.15. The molecule has 0 aromatic carbocycles. The zero-order valence-corrected chi connectivity index (χ0v) is 12.8. The molecule has 114 valence electrons. The molecule has 9 heteroatoms. The third kappa shape index (κ3) is 2.33. The minimum Gasteiger partial charge on any atom is -0.300 e. The summed E-state index contributed by atoms with van der Waals surface area (Å²) in [6.45, 7) is 0.677. The Morgan fingerprint density at radius 1 is 1.27 bits per heavy atom. The molecule has 8 nitrogen and oxygen atoms in total. The highest BCUT2D eigenvalue weighted by Crippen LogP contribution is 2.11. The third-order valence-corrected chi connectivity index (χ3v) is 4.23. The summed E-state index contributed by atoms with van der Waals surface area (Å²) in [6.07, 6.45) is 0. The third-order valence-electron chi connectivity index (χ3n) is 3.34. The first-order chi connectivity index (χ1) is 10.5. The summed E-state index contributed by atoms with van der Waals surface area (Å²) < 4.78 is 2.25. The second kappa shape index (κ2) is 5.41. The predicted molar refractivity (Wildman–Crippen MR) is 84.5 cm³/mol. The Hall–Kier alpha value is -2.42. The number of aliphatic imine (C=N–C) groups is 1. The standard InChI is InChI=1S/C13H13N5O3S/c1-17-9-7(11(20)18(2)13(17)21)3-4-8(15-9)10(19)16-12-14-5-6-22-12/h3-4H,5-6H2,1-2H3,(H,14,16,19). The lowest BCUT2D eigenvalue weighted by Gasteiger charge is -2.08. The summed E-state index contributed by atoms with van der Waals surface area (Å²) in [6, 6.07) is 2.96. The number of carbonyl (C=O) groups excluding carboxylic acids is 1. The van der Waals surface area contributed by atoms with Crippen molar-refractivity contribution in [2.75, 3.05) is 12.3 Å². The number of hydrogen-bond acceptors (Lipinski definition) is 6. The van der Waals surface area contributed by atoms with Crippen molar-refractivity contribution in [2.24, 2.45) is 19.1 Å². The molecule has 2 aromatic rings. The Morgan fingerprint density at radius 3 is 2.73 bits per heavy atom. The Bertz CT molecular complexity index is 928. The molecular formula is C13H13N5O3S. The maximum atomic E-state index is 12.2. The minimum atomic E-state index is -0.488. The molecule has 1 amide bonds. The van der Waals surface area contributed by atoms with Crippen LogP contribution in [0.1, 0.15) is 10.5 Å². The summed E-state index contributed by atoms with van der Waals surface area (Å²) in [5, 5.41) is 3.51. The second-order valence-corrected chi connectivity index (χ2v) is 5.85. The summed E-state index contributed by atoms with van der Waals surface area (Å²) in [7, 11) is 2.91. The lowest BCUT2D eigenvalue weighted by atomic mass is 10.2. The molecule has 1 aliphatic rings. The lowest BCUT2D eigenvalue weighted by molar-refractivity contribution is 0.0973. The Labute approximate surface area is 128 Å². The zero-order valence-electron chi connectivity index (χ0n) is 12.0. The van der Waals surface area contributed by atoms with Gasteiger partial charge in [-0.2, -0.15) is 0 Å². The summed E-state index contributed by atoms with van der Waals surface area (Å²) >= 11 is 1.46. The second-order valence-electron chi connectivity index (χ2n) is 4.76. The molecule has 0 saturated heterocycles. The molecular weight excluding hydrogens is 306 g/mol. The van der Waals surface area contributed by atoms with Crippen LogP contribution in [0.4, 0.5) is 0 Å². The fraction of sp³-hybridized carbons (Fsp3) is 0.308. The minimum absolute atomic E-state index is 0.131. The largest absolute Gasteiger partial charge is 0.332 e. The van der Waals surface area contributed by atoms with E-state index in [0.717, 1.165) is 10.3 Å². The van der Waals surface area contributed by atoms with Crippen LogP contribution in [0.3, 0.4) is 0 Å². The lowest BCUT2D eigenvalue weighted by Crippen LogP contribution is -2.37. The maximum Gasteiger partial charge on any atom is 0.332 e. The SMILES string of the molecule is Cn1c(=O)c2ccc(C(=O)NC3=NCCS3)nc2n(C)c1=O. The van der Waals surface area contributed by atoms with E-state index in [1.54, 1.807) is 0 Å². The molecule has 0 radical (unpaired) electrons. The maximum absolute atomic E-state index is 12.2. The molecule has 2 aromatic heterocycles. The molecule has 0 spiro atoms. The first-order valence-electron chi connectivity index (χ1n) is 6.54. The number of thioether (sulfide) groups is 1. The van der Waals surface area contributed by atoms with Crippen molar-refractivity contribution in [3.63, 3.8) is 0 Å². The number of nitrogens with one attached hydrogen (secondary N) is 1. The molecule has 3 heterocycles. The van der Waals surface area contributed by atoms with Crippen molar-refractivity contribution in [3.05, 3.63) is 38.7 Å². The number of pyridine rings is 1. The van der Waals surface area contributed by atoms with Gasteiger partial charge in [-0.25, -0.2) is 9.78 Å². The average Bonchev–Trinajstić information content (AvgIpc) is 3.03. The number of nitrogens with zero attached hydrogens (tertiary/aromatic N) is 4. The quantitative estimate of drug-likeness (QED) is 0.761. The van der Waals surface area contributed by atoms with Gasteiger partial charge >= 0.3 is 5.69 Å². The van der Waals surface area contributed by atoms with E-state index >= 15 is 0 Å². The van der Waals surface area contributed by atoms with Crippen LogP contribution in [0.2, 0.25) is 0 Å². The van der Waals surface area contributed by atoms with Gasteiger partial charge < -0.3 is 0 Å². The van der Waals surface area contributed by atoms with Gasteiger partial charge in [0.2, 0.25) is 0 Å². The topological polar surface area (TPSA) is 98.3 Å². The van der Waals surface area contributed by atoms with Gasteiger partial charge in [-0.3, -0.25) is 29.0 Å². The number of rotatable bonds is 1. The van der Waals surface area contributed by atoms with E-state index in [2.05, 4.69) is 15.3 Å². The molecule has 1 N–H and O–H groups in total. The highest BCUT2D eigenvalue weighted by molar-refractivity contribution is 8.14. The van der Waals surface area contributed by atoms with Crippen LogP contribution in [0, 0.1) is 0 Å². The Morgan fingerprint density at radius 2 is 2.05 bits per heavy atom. The van der Waals surface area contributed by atoms with Crippen LogP contribution in [0.15, 0.2) is 26.7 Å². The highest BCUT2D eigenvalue weighted by Gasteiger charge is 2.16. The smallest absolute Gasteiger partial charge is 0.300 e. The molecule has 0 unspecified atom stereocenters. The van der Waals surface area contributed by atoms with E-state index in [1.165, 1.54) is 42.6 Å². The zero-order chi connectivity index (χ0) is 15.9. The number of amidine groups is 1. The van der Waals surface area contributed by atoms with Crippen molar-refractivity contribution < 1.29 is 4.79 Å². The highest BCUT2D eigenvalue weighted by atomic mass is 32.2. The first-order valence-corrected chi connectivity index (χ1v) is 7.53. The van der Waals surface area contributed by atoms with Gasteiger partial charge in [0, 0.05) is 19.8 Å². The average molecular weight is 319 g/mol. The molecule has 3 rings (SSSR count). The van der Waals surface area contributed by atoms with Crippen LogP contribution in [0.25, 0.3) is 11.0 Å². The van der Waals surface area contributed by atoms with Gasteiger partial charge in [0.25, 0.3) is 11.5 Å². The van der Waals surface area contributed by atoms with Gasteiger partial charge in [0.1, 0.15) is 11.3 Å². The molecule has 0 saturated carbocycles. The summed E-state index contributed by atoms with van der Waals surface area (Å²) in [5.74, 6) is 0.425. The van der Waals surface area contributed by atoms with Crippen molar-refractivity contribution in [1.82, 2.24) is 19.4 Å². The van der Waals surface area contributed by atoms with Gasteiger partial charge in [-0.15, -0.1) is 0 Å².